The van der Waals surface area contributed by atoms with Crippen LogP contribution in [0.3, 0.4) is 0 Å². The molecular formula is C15H21NO3. The molecule has 1 aliphatic carbocycles. The minimum atomic E-state index is -0.697. The van der Waals surface area contributed by atoms with Crippen LogP contribution in [-0.4, -0.2) is 24.7 Å². The fourth-order valence-electron chi connectivity index (χ4n) is 2.18. The zero-order valence-corrected chi connectivity index (χ0v) is 11.7. The number of carboxylic acid groups (broad SMARTS) is 1. The molecule has 0 atom stereocenters. The molecule has 0 spiro atoms. The van der Waals surface area contributed by atoms with E-state index in [4.69, 9.17) is 9.84 Å². The second-order valence-electron chi connectivity index (χ2n) is 5.55. The Labute approximate surface area is 113 Å². The highest BCUT2D eigenvalue weighted by molar-refractivity contribution is 5.78. The summed E-state index contributed by atoms with van der Waals surface area (Å²) in [6, 6.07) is 5.90. The fourth-order valence-corrected chi connectivity index (χ4v) is 2.18. The predicted octanol–water partition coefficient (Wildman–Crippen LogP) is 3.10. The second-order valence-corrected chi connectivity index (χ2v) is 5.55. The Morgan fingerprint density at radius 3 is 2.63 bits per heavy atom. The predicted molar refractivity (Wildman–Crippen MR) is 74.9 cm³/mol. The molecule has 0 aromatic heterocycles. The Bertz CT molecular complexity index is 478. The molecule has 4 nitrogen and oxygen atoms in total. The van der Waals surface area contributed by atoms with Gasteiger partial charge in [0.05, 0.1) is 12.5 Å². The first-order valence-electron chi connectivity index (χ1n) is 6.64. The lowest BCUT2D eigenvalue weighted by molar-refractivity contribution is -0.142. The van der Waals surface area contributed by atoms with Gasteiger partial charge in [-0.05, 0) is 42.5 Å². The highest BCUT2D eigenvalue weighted by Crippen LogP contribution is 2.46. The number of hydrogen-bond acceptors (Lipinski definition) is 3. The molecule has 0 saturated heterocycles. The molecule has 2 rings (SSSR count). The lowest BCUT2D eigenvalue weighted by Crippen LogP contribution is -2.24. The summed E-state index contributed by atoms with van der Waals surface area (Å²) in [5.41, 5.74) is 1.54. The summed E-state index contributed by atoms with van der Waals surface area (Å²) in [5, 5.41) is 12.4. The molecule has 0 radical (unpaired) electrons. The van der Waals surface area contributed by atoms with Crippen molar-refractivity contribution < 1.29 is 14.6 Å². The van der Waals surface area contributed by atoms with Gasteiger partial charge in [-0.25, -0.2) is 0 Å². The van der Waals surface area contributed by atoms with E-state index in [2.05, 4.69) is 19.2 Å². The first kappa shape index (κ1) is 13.7. The summed E-state index contributed by atoms with van der Waals surface area (Å²) in [6.45, 7) is 4.72. The topological polar surface area (TPSA) is 58.6 Å². The van der Waals surface area contributed by atoms with E-state index < -0.39 is 11.4 Å². The number of ether oxygens (including phenoxy) is 1. The van der Waals surface area contributed by atoms with Crippen LogP contribution in [0.25, 0.3) is 0 Å². The van der Waals surface area contributed by atoms with Gasteiger partial charge >= 0.3 is 5.97 Å². The highest BCUT2D eigenvalue weighted by atomic mass is 16.5. The Kier molecular flexibility index (Phi) is 3.69. The average Bonchev–Trinajstić information content (AvgIpc) is 3.17. The zero-order valence-electron chi connectivity index (χ0n) is 11.7. The second kappa shape index (κ2) is 5.11. The van der Waals surface area contributed by atoms with Gasteiger partial charge in [0.2, 0.25) is 0 Å². The summed E-state index contributed by atoms with van der Waals surface area (Å²) in [7, 11) is 1.66. The van der Waals surface area contributed by atoms with Gasteiger partial charge in [0.1, 0.15) is 5.75 Å². The van der Waals surface area contributed by atoms with Crippen molar-refractivity contribution in [3.05, 3.63) is 23.8 Å². The molecule has 19 heavy (non-hydrogen) atoms. The lowest BCUT2D eigenvalue weighted by Gasteiger charge is -2.16. The Morgan fingerprint density at radius 2 is 2.16 bits per heavy atom. The maximum absolute atomic E-state index is 11.1. The SMILES string of the molecule is COc1ccc(NCC2(C(=O)O)CC2)cc1C(C)C. The van der Waals surface area contributed by atoms with Crippen molar-refractivity contribution in [1.29, 1.82) is 0 Å². The van der Waals surface area contributed by atoms with Gasteiger partial charge < -0.3 is 15.2 Å². The number of carbonyl (C=O) groups is 1. The largest absolute Gasteiger partial charge is 0.496 e. The third kappa shape index (κ3) is 2.83. The zero-order chi connectivity index (χ0) is 14.0. The van der Waals surface area contributed by atoms with E-state index >= 15 is 0 Å². The molecule has 1 aromatic rings. The fraction of sp³-hybridized carbons (Fsp3) is 0.533. The normalized spacial score (nSPS) is 16.2. The number of aliphatic carboxylic acids is 1. The molecule has 1 aliphatic rings. The van der Waals surface area contributed by atoms with Gasteiger partial charge in [0, 0.05) is 12.2 Å². The van der Waals surface area contributed by atoms with E-state index in [1.54, 1.807) is 7.11 Å². The molecule has 0 unspecified atom stereocenters. The van der Waals surface area contributed by atoms with Gasteiger partial charge in [-0.1, -0.05) is 13.8 Å². The van der Waals surface area contributed by atoms with Gasteiger partial charge in [-0.3, -0.25) is 4.79 Å². The quantitative estimate of drug-likeness (QED) is 0.828. The van der Waals surface area contributed by atoms with E-state index in [1.807, 2.05) is 18.2 Å². The molecular weight excluding hydrogens is 242 g/mol. The number of hydrogen-bond donors (Lipinski definition) is 2. The highest BCUT2D eigenvalue weighted by Gasteiger charge is 2.49. The first-order valence-corrected chi connectivity index (χ1v) is 6.64. The van der Waals surface area contributed by atoms with E-state index in [9.17, 15) is 4.79 Å². The van der Waals surface area contributed by atoms with Gasteiger partial charge in [-0.2, -0.15) is 0 Å². The maximum atomic E-state index is 11.1. The molecule has 0 heterocycles. The smallest absolute Gasteiger partial charge is 0.311 e. The Balaban J connectivity index is 2.09. The van der Waals surface area contributed by atoms with Crippen molar-refractivity contribution in [2.75, 3.05) is 19.0 Å². The van der Waals surface area contributed by atoms with E-state index in [1.165, 1.54) is 0 Å². The van der Waals surface area contributed by atoms with Crippen molar-refractivity contribution in [3.63, 3.8) is 0 Å². The summed E-state index contributed by atoms with van der Waals surface area (Å²) in [4.78, 5) is 11.1. The van der Waals surface area contributed by atoms with E-state index in [-0.39, 0.29) is 0 Å². The molecule has 0 amide bonds. The van der Waals surface area contributed by atoms with Crippen LogP contribution in [0.4, 0.5) is 5.69 Å². The van der Waals surface area contributed by atoms with Crippen LogP contribution < -0.4 is 10.1 Å². The molecule has 1 aromatic carbocycles. The van der Waals surface area contributed by atoms with Crippen LogP contribution in [0, 0.1) is 5.41 Å². The van der Waals surface area contributed by atoms with E-state index in [0.29, 0.717) is 12.5 Å². The molecule has 104 valence electrons. The first-order chi connectivity index (χ1) is 8.98. The van der Waals surface area contributed by atoms with Crippen LogP contribution in [0.2, 0.25) is 0 Å². The third-order valence-electron chi connectivity index (χ3n) is 3.79. The minimum absolute atomic E-state index is 0.367. The number of methoxy groups -OCH3 is 1. The standard InChI is InChI=1S/C15H21NO3/c1-10(2)12-8-11(4-5-13(12)19-3)16-9-15(6-7-15)14(17)18/h4-5,8,10,16H,6-7,9H2,1-3H3,(H,17,18). The number of benzene rings is 1. The van der Waals surface area contributed by atoms with Crippen molar-refractivity contribution in [2.24, 2.45) is 5.41 Å². The Morgan fingerprint density at radius 1 is 1.47 bits per heavy atom. The monoisotopic (exact) mass is 263 g/mol. The summed E-state index contributed by atoms with van der Waals surface area (Å²) in [6.07, 6.45) is 1.53. The van der Waals surface area contributed by atoms with Crippen LogP contribution >= 0.6 is 0 Å². The molecule has 2 N–H and O–H groups in total. The summed E-state index contributed by atoms with van der Waals surface area (Å²) in [5.74, 6) is 0.545. The minimum Gasteiger partial charge on any atom is -0.496 e. The number of anilines is 1. The third-order valence-corrected chi connectivity index (χ3v) is 3.79. The van der Waals surface area contributed by atoms with Crippen molar-refractivity contribution >= 4 is 11.7 Å². The summed E-state index contributed by atoms with van der Waals surface area (Å²) < 4.78 is 5.34. The average molecular weight is 263 g/mol. The molecule has 1 saturated carbocycles. The Hall–Kier alpha value is -1.71. The molecule has 4 heteroatoms. The van der Waals surface area contributed by atoms with Crippen LogP contribution in [0.15, 0.2) is 18.2 Å². The number of carboxylic acids is 1. The maximum Gasteiger partial charge on any atom is 0.311 e. The van der Waals surface area contributed by atoms with Crippen molar-refractivity contribution in [2.45, 2.75) is 32.6 Å². The van der Waals surface area contributed by atoms with E-state index in [0.717, 1.165) is 29.8 Å². The number of nitrogens with one attached hydrogen (secondary N) is 1. The van der Waals surface area contributed by atoms with Gasteiger partial charge in [0.15, 0.2) is 0 Å². The van der Waals surface area contributed by atoms with Crippen molar-refractivity contribution in [1.82, 2.24) is 0 Å². The van der Waals surface area contributed by atoms with Gasteiger partial charge in [-0.15, -0.1) is 0 Å². The number of rotatable bonds is 6. The molecule has 0 aliphatic heterocycles. The summed E-state index contributed by atoms with van der Waals surface area (Å²) >= 11 is 0. The van der Waals surface area contributed by atoms with Crippen molar-refractivity contribution in [3.8, 4) is 5.75 Å². The lowest BCUT2D eigenvalue weighted by atomic mass is 10.0. The molecule has 1 fully saturated rings. The van der Waals surface area contributed by atoms with Crippen LogP contribution in [-0.2, 0) is 4.79 Å². The van der Waals surface area contributed by atoms with Gasteiger partial charge in [0.25, 0.3) is 0 Å². The van der Waals surface area contributed by atoms with Crippen LogP contribution in [0.5, 0.6) is 5.75 Å². The molecule has 0 bridgehead atoms. The van der Waals surface area contributed by atoms with Crippen LogP contribution in [0.1, 0.15) is 38.2 Å².